The second kappa shape index (κ2) is 6.59. The van der Waals surface area contributed by atoms with Gasteiger partial charge < -0.3 is 10.1 Å². The van der Waals surface area contributed by atoms with E-state index in [2.05, 4.69) is 5.32 Å². The van der Waals surface area contributed by atoms with Crippen molar-refractivity contribution in [2.45, 2.75) is 13.0 Å². The lowest BCUT2D eigenvalue weighted by atomic mass is 10.0. The first-order chi connectivity index (χ1) is 10.0. The second-order valence-electron chi connectivity index (χ2n) is 4.62. The van der Waals surface area contributed by atoms with Gasteiger partial charge >= 0.3 is 5.97 Å². The predicted octanol–water partition coefficient (Wildman–Crippen LogP) is 4.11. The summed E-state index contributed by atoms with van der Waals surface area (Å²) in [5.74, 6) is -0.868. The van der Waals surface area contributed by atoms with E-state index in [9.17, 15) is 9.18 Å². The predicted molar refractivity (Wildman–Crippen MR) is 81.0 cm³/mol. The molecule has 0 aliphatic carbocycles. The summed E-state index contributed by atoms with van der Waals surface area (Å²) in [6.45, 7) is 1.66. The van der Waals surface area contributed by atoms with Crippen molar-refractivity contribution >= 4 is 23.3 Å². The normalized spacial score (nSPS) is 11.8. The van der Waals surface area contributed by atoms with Crippen molar-refractivity contribution < 1.29 is 13.9 Å². The Morgan fingerprint density at radius 2 is 2.05 bits per heavy atom. The Bertz CT molecular complexity index is 660. The van der Waals surface area contributed by atoms with Crippen molar-refractivity contribution in [3.05, 3.63) is 64.4 Å². The molecular formula is C16H15ClFNO2. The number of methoxy groups -OCH3 is 1. The molecule has 3 nitrogen and oxygen atoms in total. The third kappa shape index (κ3) is 3.73. The van der Waals surface area contributed by atoms with Crippen molar-refractivity contribution in [3.63, 3.8) is 0 Å². The van der Waals surface area contributed by atoms with Crippen molar-refractivity contribution in [2.75, 3.05) is 12.4 Å². The molecule has 2 aromatic carbocycles. The van der Waals surface area contributed by atoms with Crippen LogP contribution in [0.5, 0.6) is 0 Å². The van der Waals surface area contributed by atoms with Gasteiger partial charge in [-0.05, 0) is 42.3 Å². The van der Waals surface area contributed by atoms with Gasteiger partial charge in [0.15, 0.2) is 6.04 Å². The summed E-state index contributed by atoms with van der Waals surface area (Å²) in [6.07, 6.45) is 0. The minimum absolute atomic E-state index is 0.366. The van der Waals surface area contributed by atoms with Crippen molar-refractivity contribution in [2.24, 2.45) is 0 Å². The summed E-state index contributed by atoms with van der Waals surface area (Å²) in [5, 5.41) is 3.55. The fraction of sp³-hybridized carbons (Fsp3) is 0.188. The highest BCUT2D eigenvalue weighted by Gasteiger charge is 2.22. The smallest absolute Gasteiger partial charge is 0.332 e. The topological polar surface area (TPSA) is 38.3 Å². The van der Waals surface area contributed by atoms with E-state index in [0.717, 1.165) is 0 Å². The number of ether oxygens (including phenoxy) is 1. The van der Waals surface area contributed by atoms with Crippen LogP contribution in [0.3, 0.4) is 0 Å². The number of hydrogen-bond acceptors (Lipinski definition) is 3. The van der Waals surface area contributed by atoms with E-state index in [0.29, 0.717) is 21.8 Å². The zero-order valence-corrected chi connectivity index (χ0v) is 12.4. The molecule has 2 rings (SSSR count). The number of anilines is 1. The molecule has 0 aromatic heterocycles. The maximum absolute atomic E-state index is 13.7. The van der Waals surface area contributed by atoms with Gasteiger partial charge in [0.25, 0.3) is 0 Å². The van der Waals surface area contributed by atoms with Crippen LogP contribution in [0.15, 0.2) is 42.5 Å². The lowest BCUT2D eigenvalue weighted by Crippen LogP contribution is -2.22. The second-order valence-corrected chi connectivity index (χ2v) is 5.06. The van der Waals surface area contributed by atoms with E-state index in [1.54, 1.807) is 43.3 Å². The standard InChI is InChI=1S/C16H15ClFNO2/c1-10-6-7-11(8-14(10)18)15(16(20)21-2)19-13-5-3-4-12(17)9-13/h3-9,15,19H,1-2H3. The molecule has 5 heteroatoms. The van der Waals surface area contributed by atoms with Gasteiger partial charge in [-0.25, -0.2) is 9.18 Å². The van der Waals surface area contributed by atoms with E-state index in [-0.39, 0.29) is 5.82 Å². The van der Waals surface area contributed by atoms with Gasteiger partial charge in [0, 0.05) is 10.7 Å². The van der Waals surface area contributed by atoms with Gasteiger partial charge in [0.1, 0.15) is 5.82 Å². The molecule has 1 atom stereocenters. The van der Waals surface area contributed by atoms with Crippen molar-refractivity contribution in [1.82, 2.24) is 0 Å². The molecule has 0 fully saturated rings. The SMILES string of the molecule is COC(=O)C(Nc1cccc(Cl)c1)c1ccc(C)c(F)c1. The van der Waals surface area contributed by atoms with E-state index < -0.39 is 12.0 Å². The Balaban J connectivity index is 2.34. The molecule has 0 bridgehead atoms. The molecule has 0 aliphatic heterocycles. The highest BCUT2D eigenvalue weighted by atomic mass is 35.5. The Hall–Kier alpha value is -2.07. The molecule has 0 amide bonds. The number of carbonyl (C=O) groups excluding carboxylic acids is 1. The third-order valence-electron chi connectivity index (χ3n) is 3.10. The van der Waals surface area contributed by atoms with E-state index in [1.165, 1.54) is 13.2 Å². The fourth-order valence-electron chi connectivity index (χ4n) is 1.93. The Kier molecular flexibility index (Phi) is 4.81. The average Bonchev–Trinajstić information content (AvgIpc) is 2.47. The van der Waals surface area contributed by atoms with Gasteiger partial charge in [0.2, 0.25) is 0 Å². The van der Waals surface area contributed by atoms with Crippen LogP contribution in [0.2, 0.25) is 5.02 Å². The van der Waals surface area contributed by atoms with E-state index in [1.807, 2.05) is 0 Å². The molecule has 21 heavy (non-hydrogen) atoms. The fourth-order valence-corrected chi connectivity index (χ4v) is 2.12. The first kappa shape index (κ1) is 15.3. The van der Waals surface area contributed by atoms with Gasteiger partial charge in [-0.3, -0.25) is 0 Å². The number of rotatable bonds is 4. The summed E-state index contributed by atoms with van der Waals surface area (Å²) < 4.78 is 18.5. The quantitative estimate of drug-likeness (QED) is 0.864. The molecule has 0 radical (unpaired) electrons. The van der Waals surface area contributed by atoms with E-state index in [4.69, 9.17) is 16.3 Å². The molecule has 1 unspecified atom stereocenters. The van der Waals surface area contributed by atoms with Crippen molar-refractivity contribution in [3.8, 4) is 0 Å². The van der Waals surface area contributed by atoms with Crippen LogP contribution in [0, 0.1) is 12.7 Å². The van der Waals surface area contributed by atoms with Gasteiger partial charge in [-0.2, -0.15) is 0 Å². The summed E-state index contributed by atoms with van der Waals surface area (Å²) in [7, 11) is 1.29. The molecule has 0 spiro atoms. The maximum atomic E-state index is 13.7. The molecule has 1 N–H and O–H groups in total. The summed E-state index contributed by atoms with van der Waals surface area (Å²) in [5.41, 5.74) is 1.66. The highest BCUT2D eigenvalue weighted by Crippen LogP contribution is 2.24. The molecule has 0 aliphatic rings. The number of esters is 1. The summed E-state index contributed by atoms with van der Waals surface area (Å²) >= 11 is 5.92. The third-order valence-corrected chi connectivity index (χ3v) is 3.34. The van der Waals surface area contributed by atoms with Gasteiger partial charge in [-0.15, -0.1) is 0 Å². The number of hydrogen-bond donors (Lipinski definition) is 1. The molecule has 0 saturated carbocycles. The molecule has 110 valence electrons. The lowest BCUT2D eigenvalue weighted by Gasteiger charge is -2.18. The monoisotopic (exact) mass is 307 g/mol. The van der Waals surface area contributed by atoms with Gasteiger partial charge in [0.05, 0.1) is 7.11 Å². The largest absolute Gasteiger partial charge is 0.467 e. The first-order valence-electron chi connectivity index (χ1n) is 6.37. The van der Waals surface area contributed by atoms with Crippen LogP contribution in [-0.4, -0.2) is 13.1 Å². The minimum atomic E-state index is -0.802. The molecule has 2 aromatic rings. The summed E-state index contributed by atoms with van der Waals surface area (Å²) in [6, 6.07) is 10.8. The zero-order chi connectivity index (χ0) is 15.4. The average molecular weight is 308 g/mol. The van der Waals surface area contributed by atoms with Crippen LogP contribution in [0.25, 0.3) is 0 Å². The number of halogens is 2. The minimum Gasteiger partial charge on any atom is -0.467 e. The maximum Gasteiger partial charge on any atom is 0.332 e. The first-order valence-corrected chi connectivity index (χ1v) is 6.75. The Morgan fingerprint density at radius 1 is 1.29 bits per heavy atom. The highest BCUT2D eigenvalue weighted by molar-refractivity contribution is 6.30. The Labute approximate surface area is 127 Å². The van der Waals surface area contributed by atoms with Crippen LogP contribution in [-0.2, 0) is 9.53 Å². The van der Waals surface area contributed by atoms with Crippen LogP contribution < -0.4 is 5.32 Å². The van der Waals surface area contributed by atoms with Gasteiger partial charge in [-0.1, -0.05) is 29.8 Å². The zero-order valence-electron chi connectivity index (χ0n) is 11.7. The van der Waals surface area contributed by atoms with Crippen LogP contribution in [0.1, 0.15) is 17.2 Å². The van der Waals surface area contributed by atoms with Crippen LogP contribution in [0.4, 0.5) is 10.1 Å². The molecular weight excluding hydrogens is 293 g/mol. The van der Waals surface area contributed by atoms with Crippen LogP contribution >= 0.6 is 11.6 Å². The number of aryl methyl sites for hydroxylation is 1. The van der Waals surface area contributed by atoms with Crippen molar-refractivity contribution in [1.29, 1.82) is 0 Å². The van der Waals surface area contributed by atoms with E-state index >= 15 is 0 Å². The number of carbonyl (C=O) groups is 1. The number of benzene rings is 2. The summed E-state index contributed by atoms with van der Waals surface area (Å²) in [4.78, 5) is 12.0. The lowest BCUT2D eigenvalue weighted by molar-refractivity contribution is -0.141. The Morgan fingerprint density at radius 3 is 2.67 bits per heavy atom. The molecule has 0 heterocycles. The number of nitrogens with one attached hydrogen (secondary N) is 1. The molecule has 0 saturated heterocycles.